The first-order valence-electron chi connectivity index (χ1n) is 9.28. The summed E-state index contributed by atoms with van der Waals surface area (Å²) in [5.74, 6) is 1.04. The standard InChI is InChI=1S/C24H28O2/c1-6-19-9-7-8-10-24(19,20-11-15(2)22(25)16(3)12-20)21-13-17(4)23(26)18(5)14-21/h7-14,19,25-26H,6H2,1-5H3. The van der Waals surface area contributed by atoms with Gasteiger partial charge in [0.05, 0.1) is 0 Å². The predicted molar refractivity (Wildman–Crippen MR) is 108 cm³/mol. The summed E-state index contributed by atoms with van der Waals surface area (Å²) in [7, 11) is 0. The van der Waals surface area contributed by atoms with E-state index < -0.39 is 0 Å². The van der Waals surface area contributed by atoms with Gasteiger partial charge in [0.25, 0.3) is 0 Å². The van der Waals surface area contributed by atoms with Crippen LogP contribution < -0.4 is 0 Å². The molecule has 2 N–H and O–H groups in total. The van der Waals surface area contributed by atoms with E-state index in [0.29, 0.717) is 17.4 Å². The number of hydrogen-bond donors (Lipinski definition) is 2. The van der Waals surface area contributed by atoms with Crippen LogP contribution in [-0.2, 0) is 5.41 Å². The number of benzene rings is 2. The average Bonchev–Trinajstić information content (AvgIpc) is 2.63. The first-order valence-corrected chi connectivity index (χ1v) is 9.28. The number of aromatic hydroxyl groups is 2. The van der Waals surface area contributed by atoms with Gasteiger partial charge in [-0.3, -0.25) is 0 Å². The molecule has 0 radical (unpaired) electrons. The van der Waals surface area contributed by atoms with Crippen LogP contribution in [0.2, 0.25) is 0 Å². The number of phenolic OH excluding ortho intramolecular Hbond substituents is 2. The topological polar surface area (TPSA) is 40.5 Å². The number of aryl methyl sites for hydroxylation is 4. The van der Waals surface area contributed by atoms with Crippen LogP contribution in [0.3, 0.4) is 0 Å². The van der Waals surface area contributed by atoms with Crippen molar-refractivity contribution in [1.82, 2.24) is 0 Å². The van der Waals surface area contributed by atoms with Crippen LogP contribution in [0.5, 0.6) is 11.5 Å². The van der Waals surface area contributed by atoms with Crippen molar-refractivity contribution >= 4 is 0 Å². The van der Waals surface area contributed by atoms with Gasteiger partial charge < -0.3 is 10.2 Å². The Balaban J connectivity index is 2.35. The lowest BCUT2D eigenvalue weighted by Crippen LogP contribution is -2.35. The Bertz CT molecular complexity index is 799. The van der Waals surface area contributed by atoms with Crippen molar-refractivity contribution in [3.63, 3.8) is 0 Å². The summed E-state index contributed by atoms with van der Waals surface area (Å²) in [5.41, 5.74) is 5.63. The van der Waals surface area contributed by atoms with Crippen LogP contribution in [0.15, 0.2) is 48.6 Å². The van der Waals surface area contributed by atoms with E-state index in [9.17, 15) is 10.2 Å². The largest absolute Gasteiger partial charge is 0.507 e. The molecule has 3 rings (SSSR count). The van der Waals surface area contributed by atoms with Crippen LogP contribution >= 0.6 is 0 Å². The van der Waals surface area contributed by atoms with Crippen LogP contribution in [0.25, 0.3) is 0 Å². The average molecular weight is 348 g/mol. The highest BCUT2D eigenvalue weighted by atomic mass is 16.3. The third kappa shape index (κ3) is 2.74. The Kier molecular flexibility index (Phi) is 4.70. The Labute approximate surface area is 156 Å². The second kappa shape index (κ2) is 6.68. The molecular weight excluding hydrogens is 320 g/mol. The van der Waals surface area contributed by atoms with Crippen LogP contribution in [-0.4, -0.2) is 10.2 Å². The number of rotatable bonds is 3. The number of phenols is 2. The van der Waals surface area contributed by atoms with Crippen molar-refractivity contribution in [1.29, 1.82) is 0 Å². The lowest BCUT2D eigenvalue weighted by molar-refractivity contribution is 0.435. The maximum absolute atomic E-state index is 10.3. The Morgan fingerprint density at radius 1 is 0.769 bits per heavy atom. The fourth-order valence-corrected chi connectivity index (χ4v) is 4.32. The number of hydrogen-bond acceptors (Lipinski definition) is 2. The fraction of sp³-hybridized carbons (Fsp3) is 0.333. The van der Waals surface area contributed by atoms with Crippen molar-refractivity contribution in [3.8, 4) is 11.5 Å². The maximum atomic E-state index is 10.3. The van der Waals surface area contributed by atoms with Crippen molar-refractivity contribution < 1.29 is 10.2 Å². The minimum absolute atomic E-state index is 0.305. The summed E-state index contributed by atoms with van der Waals surface area (Å²) in [6, 6.07) is 8.41. The molecule has 0 saturated heterocycles. The lowest BCUT2D eigenvalue weighted by Gasteiger charge is -2.40. The summed E-state index contributed by atoms with van der Waals surface area (Å²) in [6.07, 6.45) is 9.78. The van der Waals surface area contributed by atoms with Crippen LogP contribution in [0.4, 0.5) is 0 Å². The molecule has 26 heavy (non-hydrogen) atoms. The predicted octanol–water partition coefficient (Wildman–Crippen LogP) is 5.77. The van der Waals surface area contributed by atoms with Gasteiger partial charge in [-0.05, 0) is 73.4 Å². The molecule has 0 amide bonds. The smallest absolute Gasteiger partial charge is 0.121 e. The van der Waals surface area contributed by atoms with Gasteiger partial charge in [0, 0.05) is 5.41 Å². The summed E-state index contributed by atoms with van der Waals surface area (Å²) >= 11 is 0. The molecular formula is C24H28O2. The molecule has 1 atom stereocenters. The molecule has 1 aliphatic carbocycles. The molecule has 1 aliphatic rings. The van der Waals surface area contributed by atoms with Crippen molar-refractivity contribution in [2.24, 2.45) is 5.92 Å². The second-order valence-electron chi connectivity index (χ2n) is 7.55. The van der Waals surface area contributed by atoms with Gasteiger partial charge in [0.1, 0.15) is 11.5 Å². The highest BCUT2D eigenvalue weighted by Crippen LogP contribution is 2.47. The summed E-state index contributed by atoms with van der Waals surface area (Å²) in [5, 5.41) is 20.5. The molecule has 2 heteroatoms. The number of allylic oxidation sites excluding steroid dienone is 4. The third-order valence-electron chi connectivity index (χ3n) is 5.78. The molecule has 0 aliphatic heterocycles. The molecule has 2 aromatic rings. The summed E-state index contributed by atoms with van der Waals surface area (Å²) < 4.78 is 0. The van der Waals surface area contributed by atoms with Gasteiger partial charge >= 0.3 is 0 Å². The SMILES string of the molecule is CCC1C=CC=CC1(c1cc(C)c(O)c(C)c1)c1cc(C)c(O)c(C)c1. The van der Waals surface area contributed by atoms with E-state index >= 15 is 0 Å². The molecule has 0 bridgehead atoms. The molecule has 0 spiro atoms. The first-order chi connectivity index (χ1) is 12.3. The zero-order valence-electron chi connectivity index (χ0n) is 16.3. The third-order valence-corrected chi connectivity index (χ3v) is 5.78. The van der Waals surface area contributed by atoms with Crippen LogP contribution in [0.1, 0.15) is 46.7 Å². The molecule has 0 aromatic heterocycles. The Morgan fingerprint density at radius 2 is 1.19 bits per heavy atom. The van der Waals surface area contributed by atoms with Crippen molar-refractivity contribution in [2.75, 3.05) is 0 Å². The highest BCUT2D eigenvalue weighted by Gasteiger charge is 2.39. The molecule has 0 saturated carbocycles. The van der Waals surface area contributed by atoms with Gasteiger partial charge in [-0.2, -0.15) is 0 Å². The second-order valence-corrected chi connectivity index (χ2v) is 7.55. The Hall–Kier alpha value is -2.48. The quantitative estimate of drug-likeness (QED) is 0.739. The van der Waals surface area contributed by atoms with E-state index in [2.05, 4.69) is 55.5 Å². The minimum Gasteiger partial charge on any atom is -0.507 e. The van der Waals surface area contributed by atoms with Crippen molar-refractivity contribution in [2.45, 2.75) is 46.5 Å². The lowest BCUT2D eigenvalue weighted by atomic mass is 9.62. The molecule has 2 aromatic carbocycles. The summed E-state index contributed by atoms with van der Waals surface area (Å²) in [4.78, 5) is 0. The molecule has 1 unspecified atom stereocenters. The van der Waals surface area contributed by atoms with Crippen LogP contribution in [0, 0.1) is 33.6 Å². The fourth-order valence-electron chi connectivity index (χ4n) is 4.32. The van der Waals surface area contributed by atoms with E-state index in [0.717, 1.165) is 28.7 Å². The van der Waals surface area contributed by atoms with Gasteiger partial charge in [-0.15, -0.1) is 0 Å². The molecule has 2 nitrogen and oxygen atoms in total. The zero-order chi connectivity index (χ0) is 19.1. The van der Waals surface area contributed by atoms with Gasteiger partial charge in [-0.1, -0.05) is 55.5 Å². The highest BCUT2D eigenvalue weighted by molar-refractivity contribution is 5.56. The monoisotopic (exact) mass is 348 g/mol. The van der Waals surface area contributed by atoms with Gasteiger partial charge in [-0.25, -0.2) is 0 Å². The summed E-state index contributed by atoms with van der Waals surface area (Å²) in [6.45, 7) is 10.0. The van der Waals surface area contributed by atoms with Gasteiger partial charge in [0.2, 0.25) is 0 Å². The maximum Gasteiger partial charge on any atom is 0.121 e. The Morgan fingerprint density at radius 3 is 1.58 bits per heavy atom. The normalized spacial score (nSPS) is 18.3. The van der Waals surface area contributed by atoms with E-state index in [1.54, 1.807) is 0 Å². The molecule has 136 valence electrons. The van der Waals surface area contributed by atoms with E-state index in [4.69, 9.17) is 0 Å². The molecule has 0 heterocycles. The minimum atomic E-state index is -0.310. The molecule has 0 fully saturated rings. The zero-order valence-corrected chi connectivity index (χ0v) is 16.3. The first kappa shape index (κ1) is 18.3. The van der Waals surface area contributed by atoms with Gasteiger partial charge in [0.15, 0.2) is 0 Å². The van der Waals surface area contributed by atoms with Crippen molar-refractivity contribution in [3.05, 3.63) is 82.0 Å². The van der Waals surface area contributed by atoms with E-state index in [1.165, 1.54) is 11.1 Å². The van der Waals surface area contributed by atoms with E-state index in [1.807, 2.05) is 27.7 Å². The van der Waals surface area contributed by atoms with E-state index in [-0.39, 0.29) is 5.41 Å².